The number of hydrogen-bond acceptors (Lipinski definition) is 3. The largest absolute Gasteiger partial charge is 0.444 e. The second-order valence-electron chi connectivity index (χ2n) is 8.42. The predicted molar refractivity (Wildman–Crippen MR) is 96.6 cm³/mol. The van der Waals surface area contributed by atoms with Crippen molar-refractivity contribution in [3.63, 3.8) is 0 Å². The summed E-state index contributed by atoms with van der Waals surface area (Å²) in [7, 11) is 0. The lowest BCUT2D eigenvalue weighted by Crippen LogP contribution is -2.42. The van der Waals surface area contributed by atoms with Crippen LogP contribution in [-0.4, -0.2) is 30.8 Å². The van der Waals surface area contributed by atoms with Gasteiger partial charge in [0.1, 0.15) is 5.60 Å². The molecule has 0 aromatic carbocycles. The van der Waals surface area contributed by atoms with Crippen molar-refractivity contribution in [2.75, 3.05) is 13.1 Å². The summed E-state index contributed by atoms with van der Waals surface area (Å²) in [5.74, 6) is 1.90. The third kappa shape index (κ3) is 8.59. The Hall–Kier alpha value is -0.770. The van der Waals surface area contributed by atoms with Crippen molar-refractivity contribution >= 4 is 6.09 Å². The molecule has 1 atom stereocenters. The molecule has 0 aromatic heterocycles. The molecule has 0 heterocycles. The van der Waals surface area contributed by atoms with E-state index in [4.69, 9.17) is 4.74 Å². The van der Waals surface area contributed by atoms with Crippen LogP contribution in [0.5, 0.6) is 0 Å². The van der Waals surface area contributed by atoms with E-state index in [1.807, 2.05) is 20.8 Å². The highest BCUT2D eigenvalue weighted by Crippen LogP contribution is 2.26. The van der Waals surface area contributed by atoms with E-state index in [1.54, 1.807) is 0 Å². The van der Waals surface area contributed by atoms with Crippen LogP contribution in [0.25, 0.3) is 0 Å². The zero-order chi connectivity index (χ0) is 17.5. The van der Waals surface area contributed by atoms with Gasteiger partial charge in [-0.25, -0.2) is 4.79 Å². The summed E-state index contributed by atoms with van der Waals surface area (Å²) in [5.41, 5.74) is -0.437. The minimum absolute atomic E-state index is 0.313. The van der Waals surface area contributed by atoms with Crippen molar-refractivity contribution in [3.05, 3.63) is 0 Å². The number of nitrogens with one attached hydrogen (secondary N) is 2. The van der Waals surface area contributed by atoms with Crippen LogP contribution in [0, 0.1) is 17.8 Å². The van der Waals surface area contributed by atoms with Crippen molar-refractivity contribution in [2.24, 2.45) is 17.8 Å². The van der Waals surface area contributed by atoms with Gasteiger partial charge in [0.15, 0.2) is 0 Å². The molecule has 1 aliphatic rings. The number of carbonyl (C=O) groups is 1. The van der Waals surface area contributed by atoms with Gasteiger partial charge in [-0.2, -0.15) is 0 Å². The van der Waals surface area contributed by atoms with Gasteiger partial charge in [-0.1, -0.05) is 27.2 Å². The molecule has 136 valence electrons. The molecule has 0 saturated heterocycles. The Morgan fingerprint density at radius 3 is 2.22 bits per heavy atom. The fourth-order valence-corrected chi connectivity index (χ4v) is 3.17. The van der Waals surface area contributed by atoms with Gasteiger partial charge in [0.05, 0.1) is 0 Å². The van der Waals surface area contributed by atoms with E-state index < -0.39 is 5.60 Å². The lowest BCUT2D eigenvalue weighted by atomic mass is 9.84. The second kappa shape index (κ2) is 9.51. The zero-order valence-corrected chi connectivity index (χ0v) is 16.1. The molecular formula is C19H38N2O2. The molecule has 0 bridgehead atoms. The first-order valence-corrected chi connectivity index (χ1v) is 9.41. The Kier molecular flexibility index (Phi) is 8.38. The molecule has 0 radical (unpaired) electrons. The SMILES string of the molecule is CCC1CCC(NCC(CNC(=O)OC(C)(C)C)C(C)C)CC1. The number of hydrogen-bond donors (Lipinski definition) is 2. The summed E-state index contributed by atoms with van der Waals surface area (Å²) in [6, 6.07) is 0.653. The van der Waals surface area contributed by atoms with Crippen LogP contribution in [0.1, 0.15) is 73.6 Å². The van der Waals surface area contributed by atoms with E-state index in [1.165, 1.54) is 32.1 Å². The van der Waals surface area contributed by atoms with Crippen LogP contribution in [0.2, 0.25) is 0 Å². The van der Waals surface area contributed by atoms with Crippen LogP contribution < -0.4 is 10.6 Å². The van der Waals surface area contributed by atoms with Crippen LogP contribution in [0.15, 0.2) is 0 Å². The topological polar surface area (TPSA) is 50.4 Å². The van der Waals surface area contributed by atoms with Gasteiger partial charge in [0.25, 0.3) is 0 Å². The van der Waals surface area contributed by atoms with Gasteiger partial charge in [-0.3, -0.25) is 0 Å². The molecule has 1 saturated carbocycles. The Labute approximate surface area is 143 Å². The first-order valence-electron chi connectivity index (χ1n) is 9.41. The monoisotopic (exact) mass is 326 g/mol. The number of carbonyl (C=O) groups excluding carboxylic acids is 1. The fraction of sp³-hybridized carbons (Fsp3) is 0.947. The number of amides is 1. The first kappa shape index (κ1) is 20.3. The molecule has 4 heteroatoms. The molecule has 1 amide bonds. The number of rotatable bonds is 7. The Morgan fingerprint density at radius 1 is 1.13 bits per heavy atom. The van der Waals surface area contributed by atoms with E-state index in [-0.39, 0.29) is 6.09 Å². The molecule has 0 spiro atoms. The van der Waals surface area contributed by atoms with Crippen molar-refractivity contribution in [1.82, 2.24) is 10.6 Å². The predicted octanol–water partition coefficient (Wildman–Crippen LogP) is 4.34. The quantitative estimate of drug-likeness (QED) is 0.731. The van der Waals surface area contributed by atoms with Crippen molar-refractivity contribution in [2.45, 2.75) is 85.3 Å². The van der Waals surface area contributed by atoms with Gasteiger partial charge in [0, 0.05) is 19.1 Å². The summed E-state index contributed by atoms with van der Waals surface area (Å²) in [6.07, 6.45) is 6.31. The van der Waals surface area contributed by atoms with Crippen molar-refractivity contribution < 1.29 is 9.53 Å². The summed E-state index contributed by atoms with van der Waals surface area (Å²) in [6.45, 7) is 14.0. The molecule has 1 fully saturated rings. The standard InChI is InChI=1S/C19H38N2O2/c1-7-15-8-10-17(11-9-15)20-12-16(14(2)3)13-21-18(22)23-19(4,5)6/h14-17,20H,7-13H2,1-6H3,(H,21,22). The van der Waals surface area contributed by atoms with E-state index in [0.717, 1.165) is 12.5 Å². The summed E-state index contributed by atoms with van der Waals surface area (Å²) >= 11 is 0. The number of alkyl carbamates (subject to hydrolysis) is 1. The molecule has 23 heavy (non-hydrogen) atoms. The molecule has 1 aliphatic carbocycles. The van der Waals surface area contributed by atoms with Crippen LogP contribution >= 0.6 is 0 Å². The summed E-state index contributed by atoms with van der Waals surface area (Å²) in [4.78, 5) is 11.8. The molecular weight excluding hydrogens is 288 g/mol. The molecule has 2 N–H and O–H groups in total. The summed E-state index contributed by atoms with van der Waals surface area (Å²) < 4.78 is 5.32. The smallest absolute Gasteiger partial charge is 0.407 e. The highest BCUT2D eigenvalue weighted by molar-refractivity contribution is 5.67. The Balaban J connectivity index is 2.31. The molecule has 4 nitrogen and oxygen atoms in total. The van der Waals surface area contributed by atoms with Crippen molar-refractivity contribution in [1.29, 1.82) is 0 Å². The Bertz CT molecular complexity index is 342. The van der Waals surface area contributed by atoms with Gasteiger partial charge < -0.3 is 15.4 Å². The molecule has 0 aromatic rings. The van der Waals surface area contributed by atoms with E-state index in [2.05, 4.69) is 31.4 Å². The second-order valence-corrected chi connectivity index (χ2v) is 8.42. The summed E-state index contributed by atoms with van der Waals surface area (Å²) in [5, 5.41) is 6.65. The molecule has 1 rings (SSSR count). The maximum Gasteiger partial charge on any atom is 0.407 e. The van der Waals surface area contributed by atoms with Crippen LogP contribution in [0.4, 0.5) is 4.79 Å². The molecule has 0 aliphatic heterocycles. The van der Waals surface area contributed by atoms with Gasteiger partial charge in [-0.05, 0) is 64.2 Å². The third-order valence-electron chi connectivity index (χ3n) is 4.94. The highest BCUT2D eigenvalue weighted by atomic mass is 16.6. The minimum atomic E-state index is -0.437. The van der Waals surface area contributed by atoms with Crippen molar-refractivity contribution in [3.8, 4) is 0 Å². The third-order valence-corrected chi connectivity index (χ3v) is 4.94. The van der Waals surface area contributed by atoms with Crippen LogP contribution in [0.3, 0.4) is 0 Å². The number of ether oxygens (including phenoxy) is 1. The normalized spacial score (nSPS) is 23.6. The van der Waals surface area contributed by atoms with Crippen LogP contribution in [-0.2, 0) is 4.74 Å². The fourth-order valence-electron chi connectivity index (χ4n) is 3.17. The van der Waals surface area contributed by atoms with E-state index >= 15 is 0 Å². The molecule has 1 unspecified atom stereocenters. The maximum atomic E-state index is 11.8. The van der Waals surface area contributed by atoms with E-state index in [9.17, 15) is 4.79 Å². The zero-order valence-electron chi connectivity index (χ0n) is 16.1. The first-order chi connectivity index (χ1) is 10.7. The maximum absolute atomic E-state index is 11.8. The van der Waals surface area contributed by atoms with Gasteiger partial charge >= 0.3 is 6.09 Å². The Morgan fingerprint density at radius 2 is 1.74 bits per heavy atom. The van der Waals surface area contributed by atoms with Gasteiger partial charge in [-0.15, -0.1) is 0 Å². The van der Waals surface area contributed by atoms with E-state index in [0.29, 0.717) is 24.4 Å². The highest BCUT2D eigenvalue weighted by Gasteiger charge is 2.22. The average Bonchev–Trinajstić information content (AvgIpc) is 2.45. The lowest BCUT2D eigenvalue weighted by molar-refractivity contribution is 0.0514. The average molecular weight is 327 g/mol. The minimum Gasteiger partial charge on any atom is -0.444 e. The lowest BCUT2D eigenvalue weighted by Gasteiger charge is -2.31. The van der Waals surface area contributed by atoms with Gasteiger partial charge in [0.2, 0.25) is 0 Å².